The zero-order valence-corrected chi connectivity index (χ0v) is 8.63. The monoisotopic (exact) mass is 217 g/mol. The number of nitroso groups, excluding NO2 is 1. The lowest BCUT2D eigenvalue weighted by Gasteiger charge is -2.10. The van der Waals surface area contributed by atoms with Crippen molar-refractivity contribution in [2.45, 2.75) is 32.6 Å². The van der Waals surface area contributed by atoms with Gasteiger partial charge in [-0.05, 0) is 6.42 Å². The molecule has 0 aromatic heterocycles. The summed E-state index contributed by atoms with van der Waals surface area (Å²) in [5, 5.41) is 15.2. The lowest BCUT2D eigenvalue weighted by molar-refractivity contribution is -0.485. The molecule has 0 saturated heterocycles. The Morgan fingerprint density at radius 2 is 2.13 bits per heavy atom. The van der Waals surface area contributed by atoms with E-state index in [4.69, 9.17) is 5.73 Å². The Labute approximate surface area is 87.2 Å². The fourth-order valence-electron chi connectivity index (χ4n) is 1.02. The molecule has 0 bridgehead atoms. The summed E-state index contributed by atoms with van der Waals surface area (Å²) in [5.41, 5.74) is 5.18. The van der Waals surface area contributed by atoms with Crippen molar-refractivity contribution in [1.82, 2.24) is 5.01 Å². The maximum Gasteiger partial charge on any atom is 0.291 e. The molecule has 0 radical (unpaired) electrons. The van der Waals surface area contributed by atoms with Crippen LogP contribution in [0.15, 0.2) is 10.4 Å². The van der Waals surface area contributed by atoms with E-state index in [1.165, 1.54) is 0 Å². The molecule has 0 spiro atoms. The molecule has 0 heterocycles. The first-order valence-corrected chi connectivity index (χ1v) is 4.71. The van der Waals surface area contributed by atoms with E-state index in [1.807, 2.05) is 0 Å². The molecule has 0 amide bonds. The van der Waals surface area contributed by atoms with Gasteiger partial charge in [-0.25, -0.2) is 10.1 Å². The van der Waals surface area contributed by atoms with Gasteiger partial charge in [0.2, 0.25) is 0 Å². The van der Waals surface area contributed by atoms with Crippen molar-refractivity contribution in [3.8, 4) is 0 Å². The minimum absolute atomic E-state index is 0.257. The highest BCUT2D eigenvalue weighted by atomic mass is 16.7. The number of guanidine groups is 1. The molecule has 0 atom stereocenters. The summed E-state index contributed by atoms with van der Waals surface area (Å²) in [6.07, 6.45) is 3.73. The van der Waals surface area contributed by atoms with Crippen molar-refractivity contribution in [2.24, 2.45) is 16.1 Å². The molecule has 0 aliphatic rings. The summed E-state index contributed by atoms with van der Waals surface area (Å²) < 4.78 is 0. The van der Waals surface area contributed by atoms with E-state index in [-0.39, 0.29) is 6.54 Å². The van der Waals surface area contributed by atoms with Crippen LogP contribution in [0, 0.1) is 15.0 Å². The number of nitro groups is 1. The van der Waals surface area contributed by atoms with Crippen molar-refractivity contribution in [3.63, 3.8) is 0 Å². The molecular formula is C7H15N5O3. The van der Waals surface area contributed by atoms with E-state index in [0.717, 1.165) is 24.3 Å². The zero-order chi connectivity index (χ0) is 11.7. The maximum atomic E-state index is 10.3. The molecule has 8 heteroatoms. The van der Waals surface area contributed by atoms with Gasteiger partial charge in [-0.15, -0.1) is 4.91 Å². The summed E-state index contributed by atoms with van der Waals surface area (Å²) in [6, 6.07) is 0. The number of hydrazone groups is 1. The van der Waals surface area contributed by atoms with Gasteiger partial charge in [0.15, 0.2) is 5.03 Å². The number of nitrogens with two attached hydrogens (primary N) is 1. The van der Waals surface area contributed by atoms with Gasteiger partial charge in [-0.3, -0.25) is 0 Å². The second-order valence-electron chi connectivity index (χ2n) is 2.96. The van der Waals surface area contributed by atoms with E-state index in [2.05, 4.69) is 17.3 Å². The molecule has 0 aromatic rings. The molecule has 86 valence electrons. The summed E-state index contributed by atoms with van der Waals surface area (Å²) in [4.78, 5) is 20.3. The fraction of sp³-hybridized carbons (Fsp3) is 0.857. The minimum atomic E-state index is -0.959. The van der Waals surface area contributed by atoms with Crippen molar-refractivity contribution < 1.29 is 5.03 Å². The predicted octanol–water partition coefficient (Wildman–Crippen LogP) is 1.06. The molecular weight excluding hydrogens is 202 g/mol. The molecule has 2 N–H and O–H groups in total. The number of unbranched alkanes of at least 4 members (excludes halogenated alkanes) is 3. The third-order valence-electron chi connectivity index (χ3n) is 1.77. The van der Waals surface area contributed by atoms with Gasteiger partial charge >= 0.3 is 0 Å². The van der Waals surface area contributed by atoms with Crippen LogP contribution in [-0.4, -0.2) is 22.5 Å². The van der Waals surface area contributed by atoms with E-state index in [9.17, 15) is 15.0 Å². The normalized spacial score (nSPS) is 11.1. The van der Waals surface area contributed by atoms with Crippen LogP contribution in [0.3, 0.4) is 0 Å². The Bertz CT molecular complexity index is 243. The maximum absolute atomic E-state index is 10.3. The smallest absolute Gasteiger partial charge is 0.291 e. The van der Waals surface area contributed by atoms with Gasteiger partial charge < -0.3 is 5.73 Å². The molecule has 0 aliphatic heterocycles. The van der Waals surface area contributed by atoms with E-state index in [0.29, 0.717) is 6.42 Å². The molecule has 0 aliphatic carbocycles. The average Bonchev–Trinajstić information content (AvgIpc) is 2.16. The number of hydrogen-bond donors (Lipinski definition) is 1. The third-order valence-corrected chi connectivity index (χ3v) is 1.77. The molecule has 0 unspecified atom stereocenters. The second kappa shape index (κ2) is 7.65. The highest BCUT2D eigenvalue weighted by molar-refractivity contribution is 5.76. The Morgan fingerprint density at radius 3 is 2.60 bits per heavy atom. The van der Waals surface area contributed by atoms with Gasteiger partial charge in [0.1, 0.15) is 5.10 Å². The Kier molecular flexibility index (Phi) is 6.77. The molecule has 0 rings (SSSR count). The predicted molar refractivity (Wildman–Crippen MR) is 55.3 cm³/mol. The molecule has 0 fully saturated rings. The van der Waals surface area contributed by atoms with Crippen LogP contribution < -0.4 is 5.73 Å². The molecule has 0 saturated carbocycles. The van der Waals surface area contributed by atoms with Gasteiger partial charge in [-0.1, -0.05) is 26.2 Å². The van der Waals surface area contributed by atoms with Crippen molar-refractivity contribution in [2.75, 3.05) is 6.54 Å². The van der Waals surface area contributed by atoms with Gasteiger partial charge in [0.25, 0.3) is 5.96 Å². The highest BCUT2D eigenvalue weighted by Crippen LogP contribution is 2.01. The van der Waals surface area contributed by atoms with Crippen LogP contribution >= 0.6 is 0 Å². The third kappa shape index (κ3) is 6.36. The first kappa shape index (κ1) is 13.3. The van der Waals surface area contributed by atoms with E-state index >= 15 is 0 Å². The topological polar surface area (TPSA) is 114 Å². The summed E-state index contributed by atoms with van der Waals surface area (Å²) in [7, 11) is 0. The lowest BCUT2D eigenvalue weighted by Crippen LogP contribution is -2.34. The first-order chi connectivity index (χ1) is 7.11. The minimum Gasteiger partial charge on any atom is -0.363 e. The van der Waals surface area contributed by atoms with Gasteiger partial charge in [0.05, 0.1) is 5.29 Å². The summed E-state index contributed by atoms with van der Waals surface area (Å²) >= 11 is 0. The standard InChI is InChI=1S/C7H15N5O3/c1-2-3-4-5-6-11(10-13)7(8)9-12(14)15/h2-6H2,1H3,(H2,8,9). The van der Waals surface area contributed by atoms with Crippen molar-refractivity contribution in [1.29, 1.82) is 0 Å². The SMILES string of the molecule is CCCCCCN(N=O)C(N)=N[N+](=O)[O-]. The summed E-state index contributed by atoms with van der Waals surface area (Å²) in [6.45, 7) is 2.31. The van der Waals surface area contributed by atoms with Crippen LogP contribution in [0.25, 0.3) is 0 Å². The quantitative estimate of drug-likeness (QED) is 0.171. The number of hydrogen-bond acceptors (Lipinski definition) is 4. The number of nitrogens with zero attached hydrogens (tertiary/aromatic N) is 4. The first-order valence-electron chi connectivity index (χ1n) is 4.71. The van der Waals surface area contributed by atoms with Crippen LogP contribution in [-0.2, 0) is 0 Å². The Morgan fingerprint density at radius 1 is 1.47 bits per heavy atom. The fourth-order valence-corrected chi connectivity index (χ4v) is 1.02. The van der Waals surface area contributed by atoms with Crippen LogP contribution in [0.4, 0.5) is 0 Å². The Balaban J connectivity index is 4.01. The number of rotatable bonds is 7. The molecule has 0 aromatic carbocycles. The highest BCUT2D eigenvalue weighted by Gasteiger charge is 2.11. The van der Waals surface area contributed by atoms with Crippen LogP contribution in [0.2, 0.25) is 0 Å². The molecule has 15 heavy (non-hydrogen) atoms. The average molecular weight is 217 g/mol. The lowest BCUT2D eigenvalue weighted by atomic mass is 10.2. The Hall–Kier alpha value is -1.73. The van der Waals surface area contributed by atoms with Crippen molar-refractivity contribution >= 4 is 5.96 Å². The summed E-state index contributed by atoms with van der Waals surface area (Å²) in [5.74, 6) is -0.480. The zero-order valence-electron chi connectivity index (χ0n) is 8.63. The second-order valence-corrected chi connectivity index (χ2v) is 2.96. The van der Waals surface area contributed by atoms with Gasteiger partial charge in [0, 0.05) is 6.54 Å². The van der Waals surface area contributed by atoms with Gasteiger partial charge in [-0.2, -0.15) is 5.01 Å². The van der Waals surface area contributed by atoms with E-state index < -0.39 is 11.0 Å². The van der Waals surface area contributed by atoms with Crippen LogP contribution in [0.5, 0.6) is 0 Å². The van der Waals surface area contributed by atoms with Crippen molar-refractivity contribution in [3.05, 3.63) is 15.0 Å². The van der Waals surface area contributed by atoms with Crippen LogP contribution in [0.1, 0.15) is 32.6 Å². The largest absolute Gasteiger partial charge is 0.363 e. The molecule has 8 nitrogen and oxygen atoms in total. The van der Waals surface area contributed by atoms with E-state index in [1.54, 1.807) is 0 Å².